The van der Waals surface area contributed by atoms with E-state index in [2.05, 4.69) is 26.0 Å². The van der Waals surface area contributed by atoms with Crippen LogP contribution in [0.1, 0.15) is 76.4 Å². The number of para-hydroxylation sites is 1. The standard InChI is InChI=1S/C33H25ClF2N6O5/c1-16-18-9-11-25(20(18)8-7-19(16)33(46)47)40-32(45)28-13-27(31(44)37-14-17-6-10-23(35)24(36)12-17)39-29-21(15-38-42(28)29)30(43)41-26-5-3-2-4-22(26)34/h2-8,10,12-13,15,25H,9,11,14H2,1H3,(H,37,44)(H,40,45)(H,41,43)(H,46,47)/t25-/m0/s1. The van der Waals surface area contributed by atoms with Gasteiger partial charge in [-0.05, 0) is 72.4 Å². The van der Waals surface area contributed by atoms with Gasteiger partial charge < -0.3 is 21.1 Å². The van der Waals surface area contributed by atoms with Crippen molar-refractivity contribution >= 4 is 46.6 Å². The van der Waals surface area contributed by atoms with Crippen molar-refractivity contribution in [3.63, 3.8) is 0 Å². The lowest BCUT2D eigenvalue weighted by Crippen LogP contribution is -2.31. The van der Waals surface area contributed by atoms with E-state index in [0.717, 1.165) is 27.8 Å². The fraction of sp³-hybridized carbons (Fsp3) is 0.152. The Bertz CT molecular complexity index is 2120. The molecule has 0 saturated heterocycles. The molecule has 3 aromatic carbocycles. The Labute approximate surface area is 270 Å². The van der Waals surface area contributed by atoms with E-state index >= 15 is 0 Å². The van der Waals surface area contributed by atoms with Crippen molar-refractivity contribution < 1.29 is 33.1 Å². The normalized spacial score (nSPS) is 13.7. The number of halogens is 3. The summed E-state index contributed by atoms with van der Waals surface area (Å²) >= 11 is 6.21. The molecule has 0 saturated carbocycles. The van der Waals surface area contributed by atoms with Crippen molar-refractivity contribution in [3.8, 4) is 0 Å². The third-order valence-corrected chi connectivity index (χ3v) is 8.30. The number of carboxylic acid groups (broad SMARTS) is 1. The molecule has 47 heavy (non-hydrogen) atoms. The third-order valence-electron chi connectivity index (χ3n) is 7.97. The highest BCUT2D eigenvalue weighted by atomic mass is 35.5. The summed E-state index contributed by atoms with van der Waals surface area (Å²) in [6.45, 7) is 1.54. The lowest BCUT2D eigenvalue weighted by atomic mass is 9.98. The first-order chi connectivity index (χ1) is 22.5. The molecule has 0 unspecified atom stereocenters. The predicted octanol–water partition coefficient (Wildman–Crippen LogP) is 5.27. The fourth-order valence-electron chi connectivity index (χ4n) is 5.57. The van der Waals surface area contributed by atoms with E-state index in [9.17, 15) is 33.1 Å². The number of benzene rings is 3. The van der Waals surface area contributed by atoms with E-state index in [1.165, 1.54) is 24.4 Å². The van der Waals surface area contributed by atoms with Crippen LogP contribution in [-0.2, 0) is 13.0 Å². The average molecular weight is 659 g/mol. The minimum atomic E-state index is -1.08. The van der Waals surface area contributed by atoms with Gasteiger partial charge in [0, 0.05) is 12.6 Å². The Morgan fingerprint density at radius 3 is 2.51 bits per heavy atom. The number of anilines is 1. The zero-order valence-corrected chi connectivity index (χ0v) is 25.4. The van der Waals surface area contributed by atoms with Gasteiger partial charge in [-0.3, -0.25) is 14.4 Å². The van der Waals surface area contributed by atoms with Crippen LogP contribution in [-0.4, -0.2) is 43.4 Å². The molecule has 2 aromatic heterocycles. The molecule has 0 bridgehead atoms. The number of nitrogens with zero attached hydrogens (tertiary/aromatic N) is 3. The molecule has 6 rings (SSSR count). The maximum absolute atomic E-state index is 13.8. The predicted molar refractivity (Wildman–Crippen MR) is 167 cm³/mol. The monoisotopic (exact) mass is 658 g/mol. The number of fused-ring (bicyclic) bond motifs is 2. The van der Waals surface area contributed by atoms with Gasteiger partial charge in [0.2, 0.25) is 0 Å². The second kappa shape index (κ2) is 12.6. The molecule has 1 aliphatic rings. The molecule has 11 nitrogen and oxygen atoms in total. The van der Waals surface area contributed by atoms with Crippen molar-refractivity contribution in [1.82, 2.24) is 25.2 Å². The first-order valence-corrected chi connectivity index (χ1v) is 14.7. The van der Waals surface area contributed by atoms with E-state index < -0.39 is 41.4 Å². The van der Waals surface area contributed by atoms with Crippen LogP contribution in [0.5, 0.6) is 0 Å². The summed E-state index contributed by atoms with van der Waals surface area (Å²) in [6.07, 6.45) is 2.26. The number of nitrogens with one attached hydrogen (secondary N) is 3. The van der Waals surface area contributed by atoms with Gasteiger partial charge in [-0.25, -0.2) is 23.1 Å². The molecule has 2 heterocycles. The van der Waals surface area contributed by atoms with Gasteiger partial charge in [0.1, 0.15) is 17.0 Å². The number of aromatic carboxylic acids is 1. The van der Waals surface area contributed by atoms with Crippen LogP contribution in [0.2, 0.25) is 5.02 Å². The minimum Gasteiger partial charge on any atom is -0.478 e. The number of carboxylic acids is 1. The number of hydrogen-bond donors (Lipinski definition) is 4. The molecule has 0 fully saturated rings. The van der Waals surface area contributed by atoms with E-state index in [-0.39, 0.29) is 45.3 Å². The van der Waals surface area contributed by atoms with Gasteiger partial charge >= 0.3 is 5.97 Å². The third kappa shape index (κ3) is 6.12. The molecule has 14 heteroatoms. The van der Waals surface area contributed by atoms with Gasteiger partial charge in [0.25, 0.3) is 17.7 Å². The number of hydrogen-bond acceptors (Lipinski definition) is 6. The molecule has 1 aliphatic carbocycles. The minimum absolute atomic E-state index is 0.0581. The number of rotatable bonds is 8. The summed E-state index contributed by atoms with van der Waals surface area (Å²) in [7, 11) is 0. The van der Waals surface area contributed by atoms with Crippen molar-refractivity contribution in [2.45, 2.75) is 32.4 Å². The molecule has 3 amide bonds. The number of aromatic nitrogens is 3. The SMILES string of the molecule is Cc1c(C(=O)O)ccc2c1CC[C@@H]2NC(=O)c1cc(C(=O)NCc2ccc(F)c(F)c2)nc2c(C(=O)Nc3ccccc3Cl)cnn12. The Kier molecular flexibility index (Phi) is 8.39. The van der Waals surface area contributed by atoms with Crippen LogP contribution in [0.4, 0.5) is 14.5 Å². The topological polar surface area (TPSA) is 155 Å². The van der Waals surface area contributed by atoms with Gasteiger partial charge in [-0.15, -0.1) is 0 Å². The summed E-state index contributed by atoms with van der Waals surface area (Å²) in [5.41, 5.74) is 2.50. The molecule has 4 N–H and O–H groups in total. The highest BCUT2D eigenvalue weighted by molar-refractivity contribution is 6.34. The highest BCUT2D eigenvalue weighted by Crippen LogP contribution is 2.35. The number of amides is 3. The molecule has 238 valence electrons. The van der Waals surface area contributed by atoms with Gasteiger partial charge in [0.15, 0.2) is 17.3 Å². The van der Waals surface area contributed by atoms with Crippen LogP contribution in [0.25, 0.3) is 5.65 Å². The molecule has 1 atom stereocenters. The lowest BCUT2D eigenvalue weighted by Gasteiger charge is -2.16. The van der Waals surface area contributed by atoms with Gasteiger partial charge in [0.05, 0.1) is 28.5 Å². The van der Waals surface area contributed by atoms with E-state index in [1.54, 1.807) is 37.3 Å². The van der Waals surface area contributed by atoms with Crippen molar-refractivity contribution in [1.29, 1.82) is 0 Å². The van der Waals surface area contributed by atoms with Crippen molar-refractivity contribution in [2.75, 3.05) is 5.32 Å². The molecular weight excluding hydrogens is 634 g/mol. The molecule has 5 aromatic rings. The summed E-state index contributed by atoms with van der Waals surface area (Å²) in [4.78, 5) is 56.4. The zero-order chi connectivity index (χ0) is 33.4. The van der Waals surface area contributed by atoms with Crippen LogP contribution in [0, 0.1) is 18.6 Å². The Hall–Kier alpha value is -5.69. The zero-order valence-electron chi connectivity index (χ0n) is 24.6. The average Bonchev–Trinajstić information content (AvgIpc) is 3.67. The van der Waals surface area contributed by atoms with Gasteiger partial charge in [-0.2, -0.15) is 5.10 Å². The second-order valence-electron chi connectivity index (χ2n) is 10.9. The molecule has 0 aliphatic heterocycles. The van der Waals surface area contributed by atoms with Crippen LogP contribution in [0.3, 0.4) is 0 Å². The van der Waals surface area contributed by atoms with E-state index in [1.807, 2.05) is 0 Å². The van der Waals surface area contributed by atoms with Crippen LogP contribution >= 0.6 is 11.6 Å². The van der Waals surface area contributed by atoms with Crippen molar-refractivity contribution in [2.24, 2.45) is 0 Å². The van der Waals surface area contributed by atoms with Crippen molar-refractivity contribution in [3.05, 3.63) is 128 Å². The lowest BCUT2D eigenvalue weighted by molar-refractivity contribution is 0.0695. The summed E-state index contributed by atoms with van der Waals surface area (Å²) in [6, 6.07) is 13.7. The fourth-order valence-corrected chi connectivity index (χ4v) is 5.75. The largest absolute Gasteiger partial charge is 0.478 e. The summed E-state index contributed by atoms with van der Waals surface area (Å²) in [5, 5.41) is 22.2. The van der Waals surface area contributed by atoms with Crippen LogP contribution < -0.4 is 16.0 Å². The molecular formula is C33H25ClF2N6O5. The molecule has 0 spiro atoms. The van der Waals surface area contributed by atoms with Gasteiger partial charge in [-0.1, -0.05) is 35.9 Å². The first-order valence-electron chi connectivity index (χ1n) is 14.3. The Morgan fingerprint density at radius 2 is 1.77 bits per heavy atom. The Balaban J connectivity index is 1.34. The first kappa shape index (κ1) is 31.3. The number of carbonyl (C=O) groups excluding carboxylic acids is 3. The summed E-state index contributed by atoms with van der Waals surface area (Å²) < 4.78 is 28.2. The van der Waals surface area contributed by atoms with E-state index in [0.29, 0.717) is 24.1 Å². The van der Waals surface area contributed by atoms with Crippen LogP contribution in [0.15, 0.2) is 66.9 Å². The highest BCUT2D eigenvalue weighted by Gasteiger charge is 2.30. The maximum Gasteiger partial charge on any atom is 0.335 e. The summed E-state index contributed by atoms with van der Waals surface area (Å²) in [5.74, 6) is -5.19. The smallest absolute Gasteiger partial charge is 0.335 e. The Morgan fingerprint density at radius 1 is 0.979 bits per heavy atom. The maximum atomic E-state index is 13.8. The number of carbonyl (C=O) groups is 4. The van der Waals surface area contributed by atoms with E-state index in [4.69, 9.17) is 11.6 Å². The quantitative estimate of drug-likeness (QED) is 0.177. The molecule has 0 radical (unpaired) electrons. The second-order valence-corrected chi connectivity index (χ2v) is 11.3.